The van der Waals surface area contributed by atoms with Crippen molar-refractivity contribution in [3.05, 3.63) is 0 Å². The molecule has 0 bridgehead atoms. The van der Waals surface area contributed by atoms with Crippen LogP contribution in [0.3, 0.4) is 0 Å². The molecule has 2 heterocycles. The highest BCUT2D eigenvalue weighted by atomic mass is 19.3. The lowest BCUT2D eigenvalue weighted by Gasteiger charge is -2.43. The molecule has 0 aromatic carbocycles. The van der Waals surface area contributed by atoms with Gasteiger partial charge in [0.1, 0.15) is 0 Å². The molecule has 1 unspecified atom stereocenters. The van der Waals surface area contributed by atoms with Gasteiger partial charge in [-0.3, -0.25) is 0 Å². The molecule has 1 atom stereocenters. The van der Waals surface area contributed by atoms with E-state index in [-0.39, 0.29) is 12.8 Å². The van der Waals surface area contributed by atoms with Crippen molar-refractivity contribution in [2.45, 2.75) is 37.1 Å². The summed E-state index contributed by atoms with van der Waals surface area (Å²) in [6, 6.07) is 0. The second-order valence-electron chi connectivity index (χ2n) is 4.15. The standard InChI is InChI=1S/C9H15F2NO/c10-9(11)3-4-12-8(6-9)2-1-5-13-7-8/h12H,1-7H2. The minimum absolute atomic E-state index is 0.0330. The maximum absolute atomic E-state index is 13.1. The van der Waals surface area contributed by atoms with Gasteiger partial charge >= 0.3 is 0 Å². The second kappa shape index (κ2) is 3.17. The Morgan fingerprint density at radius 3 is 2.69 bits per heavy atom. The summed E-state index contributed by atoms with van der Waals surface area (Å²) in [6.07, 6.45) is 1.63. The van der Waals surface area contributed by atoms with Gasteiger partial charge in [-0.05, 0) is 12.8 Å². The summed E-state index contributed by atoms with van der Waals surface area (Å²) in [5, 5.41) is 3.19. The number of piperidine rings is 1. The minimum atomic E-state index is -2.49. The van der Waals surface area contributed by atoms with Crippen molar-refractivity contribution in [1.82, 2.24) is 5.32 Å². The smallest absolute Gasteiger partial charge is 0.251 e. The van der Waals surface area contributed by atoms with E-state index in [4.69, 9.17) is 4.74 Å². The van der Waals surface area contributed by atoms with Gasteiger partial charge in [0.25, 0.3) is 5.92 Å². The van der Waals surface area contributed by atoms with E-state index < -0.39 is 11.5 Å². The van der Waals surface area contributed by atoms with Crippen LogP contribution in [0.15, 0.2) is 0 Å². The summed E-state index contributed by atoms with van der Waals surface area (Å²) >= 11 is 0. The summed E-state index contributed by atoms with van der Waals surface area (Å²) in [4.78, 5) is 0. The fourth-order valence-electron chi connectivity index (χ4n) is 2.29. The highest BCUT2D eigenvalue weighted by Crippen LogP contribution is 2.37. The molecule has 2 aliphatic heterocycles. The van der Waals surface area contributed by atoms with Crippen LogP contribution in [0.2, 0.25) is 0 Å². The maximum Gasteiger partial charge on any atom is 0.251 e. The molecular formula is C9H15F2NO. The van der Waals surface area contributed by atoms with E-state index in [0.717, 1.165) is 19.4 Å². The molecule has 2 saturated heterocycles. The molecule has 0 aromatic rings. The molecule has 1 spiro atoms. The molecule has 4 heteroatoms. The van der Waals surface area contributed by atoms with E-state index in [9.17, 15) is 8.78 Å². The van der Waals surface area contributed by atoms with Gasteiger partial charge in [0, 0.05) is 31.5 Å². The van der Waals surface area contributed by atoms with E-state index in [0.29, 0.717) is 13.2 Å². The van der Waals surface area contributed by atoms with Gasteiger partial charge in [-0.15, -0.1) is 0 Å². The van der Waals surface area contributed by atoms with Crippen molar-refractivity contribution in [2.75, 3.05) is 19.8 Å². The third-order valence-corrected chi connectivity index (χ3v) is 2.91. The summed E-state index contributed by atoms with van der Waals surface area (Å²) < 4.78 is 31.5. The molecule has 0 aromatic heterocycles. The molecule has 0 aliphatic carbocycles. The van der Waals surface area contributed by atoms with Gasteiger partial charge in [0.2, 0.25) is 0 Å². The molecular weight excluding hydrogens is 176 g/mol. The monoisotopic (exact) mass is 191 g/mol. The first-order valence-electron chi connectivity index (χ1n) is 4.83. The largest absolute Gasteiger partial charge is 0.380 e. The highest BCUT2D eigenvalue weighted by molar-refractivity contribution is 4.98. The van der Waals surface area contributed by atoms with Crippen LogP contribution in [-0.4, -0.2) is 31.2 Å². The molecule has 0 amide bonds. The Balaban J connectivity index is 2.04. The number of hydrogen-bond acceptors (Lipinski definition) is 2. The lowest BCUT2D eigenvalue weighted by Crippen LogP contribution is -2.58. The topological polar surface area (TPSA) is 21.3 Å². The fourth-order valence-corrected chi connectivity index (χ4v) is 2.29. The van der Waals surface area contributed by atoms with Crippen LogP contribution in [0.5, 0.6) is 0 Å². The normalized spacial score (nSPS) is 39.2. The number of alkyl halides is 2. The van der Waals surface area contributed by atoms with Gasteiger partial charge in [-0.25, -0.2) is 8.78 Å². The van der Waals surface area contributed by atoms with Gasteiger partial charge in [0.05, 0.1) is 6.61 Å². The molecule has 76 valence electrons. The van der Waals surface area contributed by atoms with Gasteiger partial charge < -0.3 is 10.1 Å². The van der Waals surface area contributed by atoms with E-state index >= 15 is 0 Å². The SMILES string of the molecule is FC1(F)CCNC2(CCCOC2)C1. The first kappa shape index (κ1) is 9.34. The highest BCUT2D eigenvalue weighted by Gasteiger charge is 2.46. The fraction of sp³-hybridized carbons (Fsp3) is 1.00. The van der Waals surface area contributed by atoms with Gasteiger partial charge in [-0.1, -0.05) is 0 Å². The van der Waals surface area contributed by atoms with Crippen molar-refractivity contribution in [3.8, 4) is 0 Å². The molecule has 0 saturated carbocycles. The minimum Gasteiger partial charge on any atom is -0.380 e. The summed E-state index contributed by atoms with van der Waals surface area (Å²) in [6.45, 7) is 1.58. The Labute approximate surface area is 76.6 Å². The summed E-state index contributed by atoms with van der Waals surface area (Å²) in [5.74, 6) is -2.49. The maximum atomic E-state index is 13.1. The second-order valence-corrected chi connectivity index (χ2v) is 4.15. The van der Waals surface area contributed by atoms with Gasteiger partial charge in [0.15, 0.2) is 0 Å². The predicted molar refractivity (Wildman–Crippen MR) is 45.0 cm³/mol. The molecule has 2 aliphatic rings. The lowest BCUT2D eigenvalue weighted by atomic mass is 9.82. The number of ether oxygens (including phenoxy) is 1. The Bertz CT molecular complexity index is 185. The molecule has 0 radical (unpaired) electrons. The first-order chi connectivity index (χ1) is 6.12. The zero-order chi connectivity index (χ0) is 9.36. The van der Waals surface area contributed by atoms with Crippen molar-refractivity contribution < 1.29 is 13.5 Å². The third-order valence-electron chi connectivity index (χ3n) is 2.91. The van der Waals surface area contributed by atoms with E-state index in [1.807, 2.05) is 0 Å². The number of rotatable bonds is 0. The van der Waals surface area contributed by atoms with Crippen molar-refractivity contribution in [2.24, 2.45) is 0 Å². The Morgan fingerprint density at radius 1 is 1.23 bits per heavy atom. The van der Waals surface area contributed by atoms with E-state index in [2.05, 4.69) is 5.32 Å². The third kappa shape index (κ3) is 1.99. The van der Waals surface area contributed by atoms with Crippen LogP contribution in [0.4, 0.5) is 8.78 Å². The number of nitrogens with one attached hydrogen (secondary N) is 1. The molecule has 13 heavy (non-hydrogen) atoms. The van der Waals surface area contributed by atoms with Crippen molar-refractivity contribution >= 4 is 0 Å². The van der Waals surface area contributed by atoms with Crippen LogP contribution in [-0.2, 0) is 4.74 Å². The molecule has 2 rings (SSSR count). The van der Waals surface area contributed by atoms with Crippen molar-refractivity contribution in [1.29, 1.82) is 0 Å². The predicted octanol–water partition coefficient (Wildman–Crippen LogP) is 1.55. The van der Waals surface area contributed by atoms with Crippen LogP contribution < -0.4 is 5.32 Å². The molecule has 2 fully saturated rings. The van der Waals surface area contributed by atoms with Gasteiger partial charge in [-0.2, -0.15) is 0 Å². The average molecular weight is 191 g/mol. The number of hydrogen-bond donors (Lipinski definition) is 1. The van der Waals surface area contributed by atoms with Crippen LogP contribution in [0.1, 0.15) is 25.7 Å². The Morgan fingerprint density at radius 2 is 2.08 bits per heavy atom. The molecule has 2 nitrogen and oxygen atoms in total. The average Bonchev–Trinajstić information content (AvgIpc) is 2.03. The zero-order valence-corrected chi connectivity index (χ0v) is 7.61. The summed E-state index contributed by atoms with van der Waals surface area (Å²) in [7, 11) is 0. The Hall–Kier alpha value is -0.220. The Kier molecular flexibility index (Phi) is 2.28. The van der Waals surface area contributed by atoms with Crippen LogP contribution >= 0.6 is 0 Å². The van der Waals surface area contributed by atoms with Crippen LogP contribution in [0.25, 0.3) is 0 Å². The van der Waals surface area contributed by atoms with E-state index in [1.165, 1.54) is 0 Å². The summed E-state index contributed by atoms with van der Waals surface area (Å²) in [5.41, 5.74) is -0.431. The zero-order valence-electron chi connectivity index (χ0n) is 7.61. The quantitative estimate of drug-likeness (QED) is 0.627. The first-order valence-corrected chi connectivity index (χ1v) is 4.83. The van der Waals surface area contributed by atoms with Crippen molar-refractivity contribution in [3.63, 3.8) is 0 Å². The molecule has 1 N–H and O–H groups in total. The van der Waals surface area contributed by atoms with E-state index in [1.54, 1.807) is 0 Å². The van der Waals surface area contributed by atoms with Crippen LogP contribution in [0, 0.1) is 0 Å². The lowest BCUT2D eigenvalue weighted by molar-refractivity contribution is -0.0967. The number of halogens is 2.